The number of carbonyl (C=O) groups excluding carboxylic acids is 3. The van der Waals surface area contributed by atoms with Crippen molar-refractivity contribution in [3.05, 3.63) is 29.8 Å². The monoisotopic (exact) mass is 278 g/mol. The van der Waals surface area contributed by atoms with Gasteiger partial charge in [-0.2, -0.15) is 0 Å². The number of thioether (sulfide) groups is 1. The molecule has 0 radical (unpaired) electrons. The molecule has 0 spiro atoms. The zero-order chi connectivity index (χ0) is 13.8. The second kappa shape index (κ2) is 5.88. The van der Waals surface area contributed by atoms with Crippen LogP contribution in [0.5, 0.6) is 0 Å². The summed E-state index contributed by atoms with van der Waals surface area (Å²) in [6.45, 7) is 0. The van der Waals surface area contributed by atoms with E-state index in [0.29, 0.717) is 12.0 Å². The first kappa shape index (κ1) is 13.6. The van der Waals surface area contributed by atoms with Crippen LogP contribution < -0.4 is 10.6 Å². The van der Waals surface area contributed by atoms with Crippen molar-refractivity contribution in [2.45, 2.75) is 23.8 Å². The third kappa shape index (κ3) is 3.35. The molecule has 1 aliphatic rings. The van der Waals surface area contributed by atoms with Gasteiger partial charge < -0.3 is 5.32 Å². The van der Waals surface area contributed by atoms with Gasteiger partial charge in [0.1, 0.15) is 6.04 Å². The third-order valence-electron chi connectivity index (χ3n) is 2.88. The lowest BCUT2D eigenvalue weighted by Gasteiger charge is -2.21. The highest BCUT2D eigenvalue weighted by Crippen LogP contribution is 2.16. The van der Waals surface area contributed by atoms with Crippen LogP contribution in [-0.2, 0) is 9.59 Å². The molecular formula is C13H14N2O3S. The maximum atomic E-state index is 12.0. The first-order chi connectivity index (χ1) is 9.10. The topological polar surface area (TPSA) is 75.3 Å². The third-order valence-corrected chi connectivity index (χ3v) is 3.60. The van der Waals surface area contributed by atoms with E-state index in [2.05, 4.69) is 10.6 Å². The molecule has 19 heavy (non-hydrogen) atoms. The molecule has 0 aliphatic carbocycles. The van der Waals surface area contributed by atoms with Crippen molar-refractivity contribution >= 4 is 29.5 Å². The predicted molar refractivity (Wildman–Crippen MR) is 71.9 cm³/mol. The van der Waals surface area contributed by atoms with Gasteiger partial charge in [-0.05, 0) is 30.9 Å². The summed E-state index contributed by atoms with van der Waals surface area (Å²) >= 11 is 1.54. The highest BCUT2D eigenvalue weighted by molar-refractivity contribution is 7.98. The van der Waals surface area contributed by atoms with Crippen LogP contribution in [0.1, 0.15) is 23.2 Å². The van der Waals surface area contributed by atoms with E-state index < -0.39 is 11.9 Å². The molecular weight excluding hydrogens is 264 g/mol. The van der Waals surface area contributed by atoms with E-state index in [1.54, 1.807) is 30.0 Å². The molecule has 1 atom stereocenters. The van der Waals surface area contributed by atoms with Crippen molar-refractivity contribution in [2.24, 2.45) is 0 Å². The lowest BCUT2D eigenvalue weighted by Crippen LogP contribution is -2.52. The lowest BCUT2D eigenvalue weighted by molar-refractivity contribution is -0.134. The number of piperidine rings is 1. The van der Waals surface area contributed by atoms with Crippen LogP contribution in [0.3, 0.4) is 0 Å². The first-order valence-electron chi connectivity index (χ1n) is 5.89. The average Bonchev–Trinajstić information content (AvgIpc) is 2.42. The molecule has 1 heterocycles. The Kier molecular flexibility index (Phi) is 4.21. The van der Waals surface area contributed by atoms with Crippen molar-refractivity contribution < 1.29 is 14.4 Å². The van der Waals surface area contributed by atoms with E-state index in [-0.39, 0.29) is 18.2 Å². The average molecular weight is 278 g/mol. The largest absolute Gasteiger partial charge is 0.340 e. The Morgan fingerprint density at radius 1 is 1.42 bits per heavy atom. The van der Waals surface area contributed by atoms with Gasteiger partial charge in [-0.25, -0.2) is 0 Å². The quantitative estimate of drug-likeness (QED) is 0.637. The van der Waals surface area contributed by atoms with Gasteiger partial charge in [0.05, 0.1) is 0 Å². The van der Waals surface area contributed by atoms with Crippen molar-refractivity contribution in [1.82, 2.24) is 10.6 Å². The summed E-state index contributed by atoms with van der Waals surface area (Å²) in [5.41, 5.74) is 0.511. The fraction of sp³-hybridized carbons (Fsp3) is 0.308. The molecule has 5 nitrogen and oxygen atoms in total. The van der Waals surface area contributed by atoms with Gasteiger partial charge in [0.2, 0.25) is 11.8 Å². The zero-order valence-electron chi connectivity index (χ0n) is 10.4. The van der Waals surface area contributed by atoms with Gasteiger partial charge in [0.25, 0.3) is 5.91 Å². The normalized spacial score (nSPS) is 18.9. The molecule has 100 valence electrons. The molecule has 0 bridgehead atoms. The number of imide groups is 1. The minimum Gasteiger partial charge on any atom is -0.340 e. The van der Waals surface area contributed by atoms with Gasteiger partial charge >= 0.3 is 0 Å². The molecule has 0 aromatic heterocycles. The summed E-state index contributed by atoms with van der Waals surface area (Å²) in [5, 5.41) is 4.86. The Bertz CT molecular complexity index is 530. The smallest absolute Gasteiger partial charge is 0.251 e. The molecule has 3 amide bonds. The molecule has 2 N–H and O–H groups in total. The second-order valence-corrected chi connectivity index (χ2v) is 5.09. The molecule has 1 saturated heterocycles. The molecule has 1 aliphatic heterocycles. The van der Waals surface area contributed by atoms with Crippen LogP contribution in [0, 0.1) is 0 Å². The lowest BCUT2D eigenvalue weighted by atomic mass is 10.1. The second-order valence-electron chi connectivity index (χ2n) is 4.21. The minimum atomic E-state index is -0.636. The summed E-state index contributed by atoms with van der Waals surface area (Å²) in [5.74, 6) is -1.03. The highest BCUT2D eigenvalue weighted by atomic mass is 32.2. The molecule has 1 aromatic carbocycles. The number of nitrogens with one attached hydrogen (secondary N) is 2. The Labute approximate surface area is 115 Å². The van der Waals surface area contributed by atoms with Crippen LogP contribution in [-0.4, -0.2) is 30.0 Å². The molecule has 1 unspecified atom stereocenters. The predicted octanol–water partition coefficient (Wildman–Crippen LogP) is 0.944. The van der Waals surface area contributed by atoms with Gasteiger partial charge in [-0.3, -0.25) is 19.7 Å². The Morgan fingerprint density at radius 2 is 2.21 bits per heavy atom. The van der Waals surface area contributed by atoms with Crippen LogP contribution in [0.2, 0.25) is 0 Å². The first-order valence-corrected chi connectivity index (χ1v) is 7.11. The molecule has 6 heteroatoms. The summed E-state index contributed by atoms with van der Waals surface area (Å²) < 4.78 is 0. The van der Waals surface area contributed by atoms with E-state index in [0.717, 1.165) is 4.90 Å². The van der Waals surface area contributed by atoms with Crippen molar-refractivity contribution in [3.63, 3.8) is 0 Å². The number of rotatable bonds is 3. The standard InChI is InChI=1S/C13H14N2O3S/c1-19-9-4-2-3-8(7-9)12(17)14-10-5-6-11(16)15-13(10)18/h2-4,7,10H,5-6H2,1H3,(H,14,17)(H,15,16,18). The fourth-order valence-electron chi connectivity index (χ4n) is 1.84. The van der Waals surface area contributed by atoms with Crippen LogP contribution >= 0.6 is 11.8 Å². The van der Waals surface area contributed by atoms with E-state index in [4.69, 9.17) is 0 Å². The van der Waals surface area contributed by atoms with Crippen LogP contribution in [0.4, 0.5) is 0 Å². The summed E-state index contributed by atoms with van der Waals surface area (Å²) in [6.07, 6.45) is 2.53. The van der Waals surface area contributed by atoms with E-state index >= 15 is 0 Å². The molecule has 1 aromatic rings. The SMILES string of the molecule is CSc1cccc(C(=O)NC2CCC(=O)NC2=O)c1. The number of hydrogen-bond donors (Lipinski definition) is 2. The van der Waals surface area contributed by atoms with E-state index in [9.17, 15) is 14.4 Å². The minimum absolute atomic E-state index is 0.252. The highest BCUT2D eigenvalue weighted by Gasteiger charge is 2.27. The Balaban J connectivity index is 2.04. The molecule has 2 rings (SSSR count). The van der Waals surface area contributed by atoms with Gasteiger partial charge in [-0.1, -0.05) is 6.07 Å². The van der Waals surface area contributed by atoms with Crippen molar-refractivity contribution in [1.29, 1.82) is 0 Å². The number of carbonyl (C=O) groups is 3. The Hall–Kier alpha value is -1.82. The molecule has 0 saturated carbocycles. The summed E-state index contributed by atoms with van der Waals surface area (Å²) in [7, 11) is 0. The van der Waals surface area contributed by atoms with E-state index in [1.807, 2.05) is 12.3 Å². The van der Waals surface area contributed by atoms with Crippen LogP contribution in [0.25, 0.3) is 0 Å². The summed E-state index contributed by atoms with van der Waals surface area (Å²) in [6, 6.07) is 6.54. The number of benzene rings is 1. The van der Waals surface area contributed by atoms with Crippen molar-refractivity contribution in [3.8, 4) is 0 Å². The number of amides is 3. The van der Waals surface area contributed by atoms with E-state index in [1.165, 1.54) is 0 Å². The van der Waals surface area contributed by atoms with Gasteiger partial charge in [0.15, 0.2) is 0 Å². The number of hydrogen-bond acceptors (Lipinski definition) is 4. The fourth-order valence-corrected chi connectivity index (χ4v) is 2.30. The summed E-state index contributed by atoms with van der Waals surface area (Å²) in [4.78, 5) is 35.6. The molecule has 1 fully saturated rings. The van der Waals surface area contributed by atoms with Crippen LogP contribution in [0.15, 0.2) is 29.2 Å². The van der Waals surface area contributed by atoms with Gasteiger partial charge in [-0.15, -0.1) is 11.8 Å². The Morgan fingerprint density at radius 3 is 2.89 bits per heavy atom. The maximum absolute atomic E-state index is 12.0. The zero-order valence-corrected chi connectivity index (χ0v) is 11.3. The van der Waals surface area contributed by atoms with Gasteiger partial charge in [0, 0.05) is 16.9 Å². The van der Waals surface area contributed by atoms with Crippen molar-refractivity contribution in [2.75, 3.05) is 6.26 Å². The maximum Gasteiger partial charge on any atom is 0.251 e.